The average Bonchev–Trinajstić information content (AvgIpc) is 2.27. The lowest BCUT2D eigenvalue weighted by atomic mass is 10.1. The highest BCUT2D eigenvalue weighted by Gasteiger charge is 2.22. The second-order valence-electron chi connectivity index (χ2n) is 4.92. The van der Waals surface area contributed by atoms with Gasteiger partial charge in [0.15, 0.2) is 0 Å². The van der Waals surface area contributed by atoms with Crippen LogP contribution in [0.3, 0.4) is 0 Å². The summed E-state index contributed by atoms with van der Waals surface area (Å²) < 4.78 is 5.48. The van der Waals surface area contributed by atoms with Crippen LogP contribution in [0, 0.1) is 6.92 Å². The highest BCUT2D eigenvalue weighted by atomic mass is 16.5. The molecule has 18 heavy (non-hydrogen) atoms. The molecular formula is C13H22N4O. The van der Waals surface area contributed by atoms with E-state index in [-0.39, 0.29) is 0 Å². The van der Waals surface area contributed by atoms with Gasteiger partial charge in [-0.25, -0.2) is 4.98 Å². The Bertz CT molecular complexity index is 400. The molecule has 0 radical (unpaired) electrons. The van der Waals surface area contributed by atoms with Gasteiger partial charge in [0, 0.05) is 31.2 Å². The summed E-state index contributed by atoms with van der Waals surface area (Å²) in [5.41, 5.74) is 0. The molecule has 0 saturated carbocycles. The summed E-state index contributed by atoms with van der Waals surface area (Å²) in [4.78, 5) is 11.1. The first-order valence-corrected chi connectivity index (χ1v) is 6.58. The smallest absolute Gasteiger partial charge is 0.218 e. The van der Waals surface area contributed by atoms with Crippen molar-refractivity contribution in [3.05, 3.63) is 11.9 Å². The fraction of sp³-hybridized carbons (Fsp3) is 0.692. The quantitative estimate of drug-likeness (QED) is 0.878. The minimum Gasteiger partial charge on any atom is -0.478 e. The summed E-state index contributed by atoms with van der Waals surface area (Å²) in [6.07, 6.45) is 0. The standard InChI is InChI=1S/C13H22N4O/c1-5-18-13-6-12(15-11(4)16-13)17-7-9(2)14-10(3)8-17/h6,9-10,14H,5,7-8H2,1-4H3. The highest BCUT2D eigenvalue weighted by Crippen LogP contribution is 2.19. The van der Waals surface area contributed by atoms with E-state index in [4.69, 9.17) is 4.74 Å². The number of piperazine rings is 1. The topological polar surface area (TPSA) is 50.3 Å². The van der Waals surface area contributed by atoms with Crippen molar-refractivity contribution in [3.63, 3.8) is 0 Å². The first-order chi connectivity index (χ1) is 8.58. The van der Waals surface area contributed by atoms with Gasteiger partial charge < -0.3 is 15.0 Å². The molecule has 1 aromatic heterocycles. The number of anilines is 1. The van der Waals surface area contributed by atoms with Crippen LogP contribution in [0.15, 0.2) is 6.07 Å². The summed E-state index contributed by atoms with van der Waals surface area (Å²) in [6.45, 7) is 10.8. The van der Waals surface area contributed by atoms with E-state index in [0.29, 0.717) is 24.6 Å². The van der Waals surface area contributed by atoms with Crippen molar-refractivity contribution < 1.29 is 4.74 Å². The third kappa shape index (κ3) is 3.10. The maximum Gasteiger partial charge on any atom is 0.218 e. The molecule has 1 fully saturated rings. The number of rotatable bonds is 3. The molecule has 1 aliphatic heterocycles. The van der Waals surface area contributed by atoms with Gasteiger partial charge in [-0.05, 0) is 27.7 Å². The zero-order chi connectivity index (χ0) is 13.1. The van der Waals surface area contributed by atoms with Gasteiger partial charge in [0.25, 0.3) is 0 Å². The van der Waals surface area contributed by atoms with Crippen molar-refractivity contribution in [3.8, 4) is 5.88 Å². The lowest BCUT2D eigenvalue weighted by Crippen LogP contribution is -2.54. The molecule has 2 atom stereocenters. The lowest BCUT2D eigenvalue weighted by Gasteiger charge is -2.37. The molecule has 0 aliphatic carbocycles. The van der Waals surface area contributed by atoms with Gasteiger partial charge in [-0.1, -0.05) is 0 Å². The van der Waals surface area contributed by atoms with Crippen molar-refractivity contribution >= 4 is 5.82 Å². The van der Waals surface area contributed by atoms with Crippen molar-refractivity contribution in [2.75, 3.05) is 24.6 Å². The van der Waals surface area contributed by atoms with Gasteiger partial charge in [-0.2, -0.15) is 4.98 Å². The number of hydrogen-bond donors (Lipinski definition) is 1. The number of aromatic nitrogens is 2. The third-order valence-corrected chi connectivity index (χ3v) is 2.97. The molecule has 1 saturated heterocycles. The van der Waals surface area contributed by atoms with E-state index in [1.165, 1.54) is 0 Å². The average molecular weight is 250 g/mol. The van der Waals surface area contributed by atoms with Gasteiger partial charge in [-0.15, -0.1) is 0 Å². The second-order valence-corrected chi connectivity index (χ2v) is 4.92. The fourth-order valence-corrected chi connectivity index (χ4v) is 2.42. The Hall–Kier alpha value is -1.36. The van der Waals surface area contributed by atoms with Crippen LogP contribution in [0.5, 0.6) is 5.88 Å². The van der Waals surface area contributed by atoms with Crippen LogP contribution >= 0.6 is 0 Å². The predicted molar refractivity (Wildman–Crippen MR) is 72.2 cm³/mol. The van der Waals surface area contributed by atoms with Crippen molar-refractivity contribution in [2.45, 2.75) is 39.8 Å². The summed E-state index contributed by atoms with van der Waals surface area (Å²) in [5.74, 6) is 2.39. The molecule has 5 nitrogen and oxygen atoms in total. The van der Waals surface area contributed by atoms with E-state index in [0.717, 1.165) is 24.7 Å². The van der Waals surface area contributed by atoms with Crippen LogP contribution in [0.2, 0.25) is 0 Å². The molecule has 0 spiro atoms. The van der Waals surface area contributed by atoms with Gasteiger partial charge in [0.2, 0.25) is 5.88 Å². The molecule has 0 aromatic carbocycles. The molecule has 1 aliphatic rings. The van der Waals surface area contributed by atoms with Gasteiger partial charge in [0.1, 0.15) is 11.6 Å². The molecule has 100 valence electrons. The number of nitrogens with zero attached hydrogens (tertiary/aromatic N) is 3. The minimum atomic E-state index is 0.472. The number of aryl methyl sites for hydroxylation is 1. The van der Waals surface area contributed by atoms with Crippen LogP contribution < -0.4 is 15.0 Å². The van der Waals surface area contributed by atoms with Crippen LogP contribution in [0.25, 0.3) is 0 Å². The van der Waals surface area contributed by atoms with E-state index in [1.54, 1.807) is 0 Å². The van der Waals surface area contributed by atoms with Crippen molar-refractivity contribution in [1.82, 2.24) is 15.3 Å². The second kappa shape index (κ2) is 5.52. The van der Waals surface area contributed by atoms with Gasteiger partial charge in [0.05, 0.1) is 6.61 Å². The number of hydrogen-bond acceptors (Lipinski definition) is 5. The summed E-state index contributed by atoms with van der Waals surface area (Å²) in [5, 5.41) is 3.52. The first kappa shape index (κ1) is 13.1. The number of nitrogens with one attached hydrogen (secondary N) is 1. The minimum absolute atomic E-state index is 0.472. The maximum absolute atomic E-state index is 5.48. The fourth-order valence-electron chi connectivity index (χ4n) is 2.42. The first-order valence-electron chi connectivity index (χ1n) is 6.58. The zero-order valence-electron chi connectivity index (χ0n) is 11.6. The SMILES string of the molecule is CCOc1cc(N2CC(C)NC(C)C2)nc(C)n1. The molecule has 2 rings (SSSR count). The van der Waals surface area contributed by atoms with Gasteiger partial charge in [-0.3, -0.25) is 0 Å². The van der Waals surface area contributed by atoms with Crippen molar-refractivity contribution in [1.29, 1.82) is 0 Å². The Morgan fingerprint density at radius 3 is 2.61 bits per heavy atom. The summed E-state index contributed by atoms with van der Waals surface area (Å²) in [6, 6.07) is 2.88. The monoisotopic (exact) mass is 250 g/mol. The molecule has 0 amide bonds. The Balaban J connectivity index is 2.21. The van der Waals surface area contributed by atoms with E-state index < -0.39 is 0 Å². The predicted octanol–water partition coefficient (Wildman–Crippen LogP) is 1.37. The molecule has 1 aromatic rings. The Labute approximate surface area is 109 Å². The molecule has 2 heterocycles. The molecule has 0 bridgehead atoms. The number of ether oxygens (including phenoxy) is 1. The molecular weight excluding hydrogens is 228 g/mol. The maximum atomic E-state index is 5.48. The molecule has 1 N–H and O–H groups in total. The van der Waals surface area contributed by atoms with E-state index in [1.807, 2.05) is 19.9 Å². The largest absolute Gasteiger partial charge is 0.478 e. The van der Waals surface area contributed by atoms with Crippen LogP contribution in [-0.4, -0.2) is 41.7 Å². The molecule has 2 unspecified atom stereocenters. The van der Waals surface area contributed by atoms with E-state index >= 15 is 0 Å². The highest BCUT2D eigenvalue weighted by molar-refractivity contribution is 5.43. The molecule has 5 heteroatoms. The van der Waals surface area contributed by atoms with Crippen LogP contribution in [-0.2, 0) is 0 Å². The van der Waals surface area contributed by atoms with Crippen molar-refractivity contribution in [2.24, 2.45) is 0 Å². The van der Waals surface area contributed by atoms with Crippen LogP contribution in [0.1, 0.15) is 26.6 Å². The normalized spacial score (nSPS) is 24.1. The third-order valence-electron chi connectivity index (χ3n) is 2.97. The van der Waals surface area contributed by atoms with E-state index in [9.17, 15) is 0 Å². The Kier molecular flexibility index (Phi) is 4.01. The van der Waals surface area contributed by atoms with Crippen LogP contribution in [0.4, 0.5) is 5.82 Å². The van der Waals surface area contributed by atoms with E-state index in [2.05, 4.69) is 34.0 Å². The summed E-state index contributed by atoms with van der Waals surface area (Å²) >= 11 is 0. The van der Waals surface area contributed by atoms with Gasteiger partial charge >= 0.3 is 0 Å². The lowest BCUT2D eigenvalue weighted by molar-refractivity contribution is 0.325. The Morgan fingerprint density at radius 2 is 2.00 bits per heavy atom. The Morgan fingerprint density at radius 1 is 1.33 bits per heavy atom. The summed E-state index contributed by atoms with van der Waals surface area (Å²) in [7, 11) is 0. The zero-order valence-corrected chi connectivity index (χ0v) is 11.6.